The molecular weight excluding hydrogens is 258 g/mol. The van der Waals surface area contributed by atoms with Gasteiger partial charge in [-0.25, -0.2) is 4.79 Å². The molecule has 2 N–H and O–H groups in total. The number of aliphatic hydroxyl groups excluding tert-OH is 1. The van der Waals surface area contributed by atoms with E-state index in [2.05, 4.69) is 0 Å². The van der Waals surface area contributed by atoms with Crippen molar-refractivity contribution in [3.63, 3.8) is 0 Å². The van der Waals surface area contributed by atoms with Crippen molar-refractivity contribution in [2.45, 2.75) is 37.8 Å². The average molecular weight is 275 g/mol. The van der Waals surface area contributed by atoms with E-state index in [1.807, 2.05) is 12.1 Å². The van der Waals surface area contributed by atoms with E-state index in [4.69, 9.17) is 5.11 Å². The van der Waals surface area contributed by atoms with Crippen LogP contribution in [0.15, 0.2) is 18.2 Å². The molecule has 0 saturated carbocycles. The number of rotatable bonds is 2. The number of aryl methyl sites for hydroxylation is 2. The van der Waals surface area contributed by atoms with Gasteiger partial charge in [0.2, 0.25) is 0 Å². The first kappa shape index (κ1) is 13.1. The minimum atomic E-state index is -1.06. The van der Waals surface area contributed by atoms with E-state index in [1.54, 1.807) is 6.07 Å². The van der Waals surface area contributed by atoms with Crippen molar-refractivity contribution >= 4 is 11.9 Å². The summed E-state index contributed by atoms with van der Waals surface area (Å²) in [4.78, 5) is 24.9. The highest BCUT2D eigenvalue weighted by Crippen LogP contribution is 2.25. The Labute approximate surface area is 116 Å². The van der Waals surface area contributed by atoms with Crippen LogP contribution in [0.1, 0.15) is 34.3 Å². The number of carbonyl (C=O) groups is 2. The number of aliphatic hydroxyl groups is 1. The minimum absolute atomic E-state index is 0.0902. The summed E-state index contributed by atoms with van der Waals surface area (Å²) >= 11 is 0. The lowest BCUT2D eigenvalue weighted by molar-refractivity contribution is -0.141. The summed E-state index contributed by atoms with van der Waals surface area (Å²) in [6.45, 7) is 0.0902. The maximum absolute atomic E-state index is 12.5. The van der Waals surface area contributed by atoms with Gasteiger partial charge in [-0.2, -0.15) is 0 Å². The number of likely N-dealkylation sites (tertiary alicyclic amines) is 1. The van der Waals surface area contributed by atoms with E-state index in [-0.39, 0.29) is 18.9 Å². The van der Waals surface area contributed by atoms with Crippen LogP contribution in [-0.2, 0) is 17.6 Å². The molecule has 5 heteroatoms. The molecule has 2 aliphatic rings. The molecule has 0 unspecified atom stereocenters. The summed E-state index contributed by atoms with van der Waals surface area (Å²) in [6.07, 6.45) is 2.47. The van der Waals surface area contributed by atoms with Gasteiger partial charge in [0.1, 0.15) is 6.04 Å². The zero-order valence-corrected chi connectivity index (χ0v) is 11.1. The lowest BCUT2D eigenvalue weighted by Crippen LogP contribution is -2.40. The second kappa shape index (κ2) is 4.90. The van der Waals surface area contributed by atoms with Gasteiger partial charge in [0, 0.05) is 18.5 Å². The molecule has 2 atom stereocenters. The molecule has 1 saturated heterocycles. The summed E-state index contributed by atoms with van der Waals surface area (Å²) in [7, 11) is 0. The fraction of sp³-hybridized carbons (Fsp3) is 0.467. The number of fused-ring (bicyclic) bond motifs is 1. The fourth-order valence-electron chi connectivity index (χ4n) is 3.14. The Kier molecular flexibility index (Phi) is 3.22. The van der Waals surface area contributed by atoms with Crippen molar-refractivity contribution < 1.29 is 19.8 Å². The lowest BCUT2D eigenvalue weighted by atomic mass is 10.1. The largest absolute Gasteiger partial charge is 0.480 e. The monoisotopic (exact) mass is 275 g/mol. The normalized spacial score (nSPS) is 24.8. The number of hydrogen-bond acceptors (Lipinski definition) is 3. The number of aliphatic carboxylic acids is 1. The Morgan fingerprint density at radius 2 is 1.95 bits per heavy atom. The third-order valence-corrected chi connectivity index (χ3v) is 4.17. The number of benzene rings is 1. The highest BCUT2D eigenvalue weighted by atomic mass is 16.4. The second-order valence-corrected chi connectivity index (χ2v) is 5.54. The predicted octanol–water partition coefficient (Wildman–Crippen LogP) is 0.835. The molecule has 0 spiro atoms. The Bertz CT molecular complexity index is 569. The lowest BCUT2D eigenvalue weighted by Gasteiger charge is -2.21. The van der Waals surface area contributed by atoms with Crippen molar-refractivity contribution in [3.05, 3.63) is 34.9 Å². The van der Waals surface area contributed by atoms with E-state index < -0.39 is 18.1 Å². The molecule has 1 aromatic carbocycles. The van der Waals surface area contributed by atoms with Crippen LogP contribution in [0.5, 0.6) is 0 Å². The molecule has 20 heavy (non-hydrogen) atoms. The van der Waals surface area contributed by atoms with Crippen LogP contribution in [0, 0.1) is 0 Å². The predicted molar refractivity (Wildman–Crippen MR) is 71.6 cm³/mol. The summed E-state index contributed by atoms with van der Waals surface area (Å²) < 4.78 is 0. The molecule has 1 aliphatic carbocycles. The van der Waals surface area contributed by atoms with Crippen LogP contribution < -0.4 is 0 Å². The number of hydrogen-bond donors (Lipinski definition) is 2. The first-order valence-electron chi connectivity index (χ1n) is 6.90. The van der Waals surface area contributed by atoms with Gasteiger partial charge in [-0.05, 0) is 42.5 Å². The molecule has 0 bridgehead atoms. The van der Waals surface area contributed by atoms with Gasteiger partial charge >= 0.3 is 5.97 Å². The fourth-order valence-corrected chi connectivity index (χ4v) is 3.14. The summed E-state index contributed by atoms with van der Waals surface area (Å²) in [5.74, 6) is -1.36. The van der Waals surface area contributed by atoms with Crippen molar-refractivity contribution in [3.8, 4) is 0 Å². The molecule has 1 aromatic rings. The molecule has 0 aromatic heterocycles. The van der Waals surface area contributed by atoms with Crippen LogP contribution in [0.4, 0.5) is 0 Å². The van der Waals surface area contributed by atoms with Crippen molar-refractivity contribution in [2.75, 3.05) is 6.54 Å². The van der Waals surface area contributed by atoms with Crippen molar-refractivity contribution in [2.24, 2.45) is 0 Å². The minimum Gasteiger partial charge on any atom is -0.480 e. The molecule has 1 aliphatic heterocycles. The molecule has 1 fully saturated rings. The Morgan fingerprint density at radius 3 is 2.70 bits per heavy atom. The Hall–Kier alpha value is -1.88. The van der Waals surface area contributed by atoms with Crippen LogP contribution >= 0.6 is 0 Å². The van der Waals surface area contributed by atoms with Gasteiger partial charge < -0.3 is 15.1 Å². The van der Waals surface area contributed by atoms with E-state index in [9.17, 15) is 14.7 Å². The smallest absolute Gasteiger partial charge is 0.326 e. The molecular formula is C15H17NO4. The number of carboxylic acid groups (broad SMARTS) is 1. The number of β-amino-alcohol motifs (C(OH)–C–C–N with tert-alkyl or cyclic N) is 1. The Balaban J connectivity index is 1.86. The quantitative estimate of drug-likeness (QED) is 0.838. The van der Waals surface area contributed by atoms with Crippen molar-refractivity contribution in [1.29, 1.82) is 0 Å². The summed E-state index contributed by atoms with van der Waals surface area (Å²) in [5.41, 5.74) is 2.98. The summed E-state index contributed by atoms with van der Waals surface area (Å²) in [6, 6.07) is 4.66. The van der Waals surface area contributed by atoms with E-state index >= 15 is 0 Å². The van der Waals surface area contributed by atoms with Gasteiger partial charge in [0.25, 0.3) is 5.91 Å². The van der Waals surface area contributed by atoms with Crippen LogP contribution in [0.3, 0.4) is 0 Å². The zero-order valence-electron chi connectivity index (χ0n) is 11.1. The van der Waals surface area contributed by atoms with Gasteiger partial charge in [0.05, 0.1) is 6.10 Å². The van der Waals surface area contributed by atoms with Gasteiger partial charge in [-0.15, -0.1) is 0 Å². The van der Waals surface area contributed by atoms with Crippen LogP contribution in [0.2, 0.25) is 0 Å². The van der Waals surface area contributed by atoms with E-state index in [0.717, 1.165) is 19.3 Å². The number of nitrogens with zero attached hydrogens (tertiary/aromatic N) is 1. The first-order chi connectivity index (χ1) is 9.56. The number of carboxylic acids is 1. The average Bonchev–Trinajstić information content (AvgIpc) is 3.02. The summed E-state index contributed by atoms with van der Waals surface area (Å²) in [5, 5.41) is 18.8. The molecule has 1 heterocycles. The highest BCUT2D eigenvalue weighted by molar-refractivity contribution is 5.97. The standard InChI is InChI=1S/C15H17NO4/c17-12-7-13(15(19)20)16(8-12)14(18)11-5-4-9-2-1-3-10(9)6-11/h4-6,12-13,17H,1-3,7-8H2,(H,19,20)/t12-,13-/m0/s1. The van der Waals surface area contributed by atoms with Crippen LogP contribution in [-0.4, -0.2) is 45.7 Å². The molecule has 5 nitrogen and oxygen atoms in total. The van der Waals surface area contributed by atoms with E-state index in [1.165, 1.54) is 16.0 Å². The number of carbonyl (C=O) groups excluding carboxylic acids is 1. The second-order valence-electron chi connectivity index (χ2n) is 5.54. The zero-order chi connectivity index (χ0) is 14.3. The van der Waals surface area contributed by atoms with Gasteiger partial charge in [0.15, 0.2) is 0 Å². The highest BCUT2D eigenvalue weighted by Gasteiger charge is 2.39. The van der Waals surface area contributed by atoms with E-state index in [0.29, 0.717) is 5.56 Å². The van der Waals surface area contributed by atoms with Gasteiger partial charge in [-0.3, -0.25) is 4.79 Å². The third-order valence-electron chi connectivity index (χ3n) is 4.17. The molecule has 106 valence electrons. The maximum atomic E-state index is 12.5. The maximum Gasteiger partial charge on any atom is 0.326 e. The SMILES string of the molecule is O=C(O)[C@@H]1C[C@H](O)CN1C(=O)c1ccc2c(c1)CCC2. The van der Waals surface area contributed by atoms with Crippen molar-refractivity contribution in [1.82, 2.24) is 4.90 Å². The Morgan fingerprint density at radius 1 is 1.20 bits per heavy atom. The first-order valence-corrected chi connectivity index (χ1v) is 6.90. The van der Waals surface area contributed by atoms with Crippen LogP contribution in [0.25, 0.3) is 0 Å². The molecule has 3 rings (SSSR count). The topological polar surface area (TPSA) is 77.8 Å². The number of amides is 1. The third kappa shape index (κ3) is 2.18. The molecule has 0 radical (unpaired) electrons. The molecule has 1 amide bonds. The van der Waals surface area contributed by atoms with Gasteiger partial charge in [-0.1, -0.05) is 6.07 Å².